The van der Waals surface area contributed by atoms with E-state index in [0.29, 0.717) is 11.6 Å². The molecule has 0 spiro atoms. The van der Waals surface area contributed by atoms with Crippen molar-refractivity contribution in [3.63, 3.8) is 0 Å². The monoisotopic (exact) mass is 1340 g/mol. The predicted molar refractivity (Wildman–Crippen MR) is 430 cm³/mol. The van der Waals surface area contributed by atoms with Gasteiger partial charge in [0, 0.05) is 50.8 Å². The number of nitrogens with zero attached hydrogens (tertiary/aromatic N) is 11. The molecule has 0 N–H and O–H groups in total. The van der Waals surface area contributed by atoms with Crippen molar-refractivity contribution in [2.24, 2.45) is 0 Å². The van der Waals surface area contributed by atoms with Gasteiger partial charge in [0.25, 0.3) is 0 Å². The van der Waals surface area contributed by atoms with Gasteiger partial charge in [0.1, 0.15) is 11.6 Å². The van der Waals surface area contributed by atoms with Gasteiger partial charge in [-0.3, -0.25) is 17.9 Å². The minimum Gasteiger partial charge on any atom is -0.309 e. The molecule has 0 bridgehead atoms. The highest BCUT2D eigenvalue weighted by atomic mass is 15.3. The molecule has 490 valence electrons. The number of para-hydroxylation sites is 6. The van der Waals surface area contributed by atoms with Crippen LogP contribution < -0.4 is 0 Å². The van der Waals surface area contributed by atoms with Crippen molar-refractivity contribution in [2.45, 2.75) is 0 Å². The van der Waals surface area contributed by atoms with E-state index in [0.717, 1.165) is 123 Å². The van der Waals surface area contributed by atoms with E-state index < -0.39 is 0 Å². The largest absolute Gasteiger partial charge is 0.309 e. The first-order chi connectivity index (χ1) is 52.1. The Kier molecular flexibility index (Phi) is 13.7. The van der Waals surface area contributed by atoms with Gasteiger partial charge >= 0.3 is 0 Å². The van der Waals surface area contributed by atoms with Crippen LogP contribution in [0.4, 0.5) is 0 Å². The van der Waals surface area contributed by atoms with Crippen LogP contribution in [0.15, 0.2) is 358 Å². The molecule has 0 saturated heterocycles. The second-order valence-corrected chi connectivity index (χ2v) is 26.7. The van der Waals surface area contributed by atoms with Gasteiger partial charge in [-0.25, -0.2) is 29.9 Å². The lowest BCUT2D eigenvalue weighted by atomic mass is 9.92. The molecule has 0 amide bonds. The molecule has 0 unspecified atom stereocenters. The first kappa shape index (κ1) is 59.4. The summed E-state index contributed by atoms with van der Waals surface area (Å²) >= 11 is 0. The van der Waals surface area contributed by atoms with Crippen molar-refractivity contribution in [3.8, 4) is 84.9 Å². The zero-order valence-electron chi connectivity index (χ0n) is 56.5. The number of imidazole rings is 4. The smallest absolute Gasteiger partial charge is 0.221 e. The van der Waals surface area contributed by atoms with Crippen molar-refractivity contribution in [1.82, 2.24) is 52.4 Å². The van der Waals surface area contributed by atoms with Gasteiger partial charge in [0.15, 0.2) is 11.6 Å². The van der Waals surface area contributed by atoms with Crippen molar-refractivity contribution in [3.05, 3.63) is 358 Å². The second-order valence-electron chi connectivity index (χ2n) is 26.7. The molecule has 7 aromatic heterocycles. The molecule has 0 aliphatic heterocycles. The summed E-state index contributed by atoms with van der Waals surface area (Å²) in [6.07, 6.45) is 0. The zero-order valence-corrected chi connectivity index (χ0v) is 56.5. The van der Waals surface area contributed by atoms with E-state index in [9.17, 15) is 0 Å². The first-order valence-electron chi connectivity index (χ1n) is 35.3. The number of rotatable bonds is 9. The quantitative estimate of drug-likeness (QED) is 0.133. The Hall–Kier alpha value is -14.4. The fourth-order valence-electron chi connectivity index (χ4n) is 15.8. The highest BCUT2D eigenvalue weighted by Crippen LogP contribution is 2.42. The van der Waals surface area contributed by atoms with Crippen LogP contribution >= 0.6 is 0 Å². The van der Waals surface area contributed by atoms with Crippen molar-refractivity contribution >= 4 is 110 Å². The van der Waals surface area contributed by atoms with Crippen LogP contribution in [0.2, 0.25) is 0 Å². The SMILES string of the molecule is c1ccc(-c2cc(-n3c4ccc(-c5ccc6c(c5)c5ccccc5n6-c5ccccc5)cc4n4c5ccccc5nc34)nc(-c3ccccc3)n2)cc1.c1ccc(-c2cc(-n3c4ccc(-c5ccc6c7ccccc7c7ccccc7c6c5)cc4n4c5ccccc5nc34)nc(-c3ccccc3)n2)cc1. The number of hydrogen-bond donors (Lipinski definition) is 0. The Bertz CT molecular complexity index is 7050. The summed E-state index contributed by atoms with van der Waals surface area (Å²) in [6, 6.07) is 126. The van der Waals surface area contributed by atoms with Crippen molar-refractivity contribution in [2.75, 3.05) is 0 Å². The predicted octanol–water partition coefficient (Wildman–Crippen LogP) is 23.0. The molecule has 22 rings (SSSR count). The standard InChI is InChI=1S/C47H30N6.C47H29N5/c1-4-14-31(15-5-1)39-30-45(50-46(48-39)32-16-6-2-7-17-32)53-43-27-25-34(29-44(43)52-42-23-13-11-21-38(42)49-47(52)53)33-24-26-41-37(28-33)36-20-10-12-22-40(36)51(41)35-18-8-3-9-19-35;1-3-13-30(14-4-1)41-29-45(50-46(48-41)31-15-5-2-6-16-31)52-43-26-24-33(28-44(43)51-42-22-12-11-21-40(42)49-47(51)52)32-23-25-38-36-19-8-7-17-34(36)35-18-9-10-20-37(35)39(38)27-32/h1-30H;1-29H. The molecule has 105 heavy (non-hydrogen) atoms. The van der Waals surface area contributed by atoms with Gasteiger partial charge in [-0.2, -0.15) is 0 Å². The highest BCUT2D eigenvalue weighted by molar-refractivity contribution is 6.26. The molecule has 0 aliphatic rings. The topological polar surface area (TPSA) is 101 Å². The van der Waals surface area contributed by atoms with Crippen LogP contribution in [-0.4, -0.2) is 52.4 Å². The van der Waals surface area contributed by atoms with Crippen LogP contribution in [0.1, 0.15) is 0 Å². The molecule has 0 fully saturated rings. The summed E-state index contributed by atoms with van der Waals surface area (Å²) in [5.41, 5.74) is 21.9. The average Bonchev–Trinajstić information content (AvgIpc) is 1.62. The van der Waals surface area contributed by atoms with Crippen LogP contribution in [0.25, 0.3) is 195 Å². The third-order valence-electron chi connectivity index (χ3n) is 20.6. The molecule has 15 aromatic carbocycles. The van der Waals surface area contributed by atoms with Gasteiger partial charge < -0.3 is 4.57 Å². The first-order valence-corrected chi connectivity index (χ1v) is 35.3. The second kappa shape index (κ2) is 24.2. The molecule has 0 aliphatic carbocycles. The minimum atomic E-state index is 0.664. The Balaban J connectivity index is 0.000000135. The van der Waals surface area contributed by atoms with Gasteiger partial charge in [-0.05, 0) is 140 Å². The molecule has 11 heteroatoms. The maximum Gasteiger partial charge on any atom is 0.221 e. The molecule has 22 aromatic rings. The number of benzene rings is 15. The summed E-state index contributed by atoms with van der Waals surface area (Å²) < 4.78 is 11.2. The van der Waals surface area contributed by atoms with E-state index in [1.54, 1.807) is 0 Å². The molecular weight excluding hydrogens is 1280 g/mol. The van der Waals surface area contributed by atoms with Crippen LogP contribution in [0.5, 0.6) is 0 Å². The molecule has 11 nitrogen and oxygen atoms in total. The normalized spacial score (nSPS) is 11.8. The van der Waals surface area contributed by atoms with E-state index in [1.165, 1.54) is 59.7 Å². The number of fused-ring (bicyclic) bond motifs is 19. The Morgan fingerprint density at radius 1 is 0.181 bits per heavy atom. The number of aromatic nitrogens is 11. The van der Waals surface area contributed by atoms with Gasteiger partial charge in [-0.1, -0.05) is 261 Å². The van der Waals surface area contributed by atoms with E-state index in [2.05, 4.69) is 295 Å². The lowest BCUT2D eigenvalue weighted by Gasteiger charge is -2.12. The summed E-state index contributed by atoms with van der Waals surface area (Å²) in [6.45, 7) is 0. The zero-order chi connectivity index (χ0) is 69.1. The van der Waals surface area contributed by atoms with E-state index in [1.807, 2.05) is 84.9 Å². The molecule has 0 saturated carbocycles. The van der Waals surface area contributed by atoms with E-state index in [-0.39, 0.29) is 0 Å². The van der Waals surface area contributed by atoms with Gasteiger partial charge in [0.05, 0.1) is 66.6 Å². The third-order valence-corrected chi connectivity index (χ3v) is 20.6. The summed E-state index contributed by atoms with van der Waals surface area (Å²) in [4.78, 5) is 30.9. The molecule has 0 radical (unpaired) electrons. The average molecular weight is 1340 g/mol. The summed E-state index contributed by atoms with van der Waals surface area (Å²) in [7, 11) is 0. The van der Waals surface area contributed by atoms with Gasteiger partial charge in [-0.15, -0.1) is 0 Å². The van der Waals surface area contributed by atoms with Crippen LogP contribution in [0.3, 0.4) is 0 Å². The Morgan fingerprint density at radius 3 is 1.00 bits per heavy atom. The summed E-state index contributed by atoms with van der Waals surface area (Å²) in [5.74, 6) is 4.46. The maximum absolute atomic E-state index is 5.21. The Labute approximate surface area is 601 Å². The Morgan fingerprint density at radius 2 is 0.524 bits per heavy atom. The molecule has 0 atom stereocenters. The molecule has 7 heterocycles. The highest BCUT2D eigenvalue weighted by Gasteiger charge is 2.24. The van der Waals surface area contributed by atoms with Crippen LogP contribution in [0, 0.1) is 0 Å². The van der Waals surface area contributed by atoms with E-state index in [4.69, 9.17) is 29.9 Å². The number of hydrogen-bond acceptors (Lipinski definition) is 6. The summed E-state index contributed by atoms with van der Waals surface area (Å²) in [5, 5.41) is 10.1. The third kappa shape index (κ3) is 9.82. The van der Waals surface area contributed by atoms with E-state index >= 15 is 0 Å². The van der Waals surface area contributed by atoms with Crippen molar-refractivity contribution < 1.29 is 0 Å². The fraction of sp³-hybridized carbons (Fsp3) is 0. The lowest BCUT2D eigenvalue weighted by Crippen LogP contribution is -2.03. The minimum absolute atomic E-state index is 0.664. The van der Waals surface area contributed by atoms with Crippen molar-refractivity contribution in [1.29, 1.82) is 0 Å². The van der Waals surface area contributed by atoms with Gasteiger partial charge in [0.2, 0.25) is 11.6 Å². The molecular formula is C94H59N11. The lowest BCUT2D eigenvalue weighted by molar-refractivity contribution is 1.02. The van der Waals surface area contributed by atoms with Crippen LogP contribution in [-0.2, 0) is 0 Å². The maximum atomic E-state index is 5.21. The fourth-order valence-corrected chi connectivity index (χ4v) is 15.8.